The number of aryl methyl sites for hydroxylation is 1. The Morgan fingerprint density at radius 2 is 2.00 bits per heavy atom. The van der Waals surface area contributed by atoms with Crippen molar-refractivity contribution in [2.24, 2.45) is 5.92 Å². The molecule has 5 nitrogen and oxygen atoms in total. The van der Waals surface area contributed by atoms with E-state index < -0.39 is 11.6 Å². The number of benzene rings is 2. The first-order valence-corrected chi connectivity index (χ1v) is 11.0. The van der Waals surface area contributed by atoms with Crippen LogP contribution in [0.2, 0.25) is 5.02 Å². The maximum absolute atomic E-state index is 13.8. The second kappa shape index (κ2) is 8.90. The van der Waals surface area contributed by atoms with Gasteiger partial charge in [-0.3, -0.25) is 4.79 Å². The summed E-state index contributed by atoms with van der Waals surface area (Å²) in [5, 5.41) is 3.66. The summed E-state index contributed by atoms with van der Waals surface area (Å²) in [6.07, 6.45) is 2.18. The fourth-order valence-corrected chi connectivity index (χ4v) is 4.57. The molecule has 0 radical (unpaired) electrons. The molecule has 1 unspecified atom stereocenters. The first-order chi connectivity index (χ1) is 15.2. The van der Waals surface area contributed by atoms with Crippen molar-refractivity contribution < 1.29 is 13.6 Å². The molecular formula is C24H24ClF2N3O2. The Balaban J connectivity index is 1.77. The smallest absolute Gasteiger partial charge is 0.322 e. The lowest BCUT2D eigenvalue weighted by Crippen LogP contribution is -2.42. The Morgan fingerprint density at radius 1 is 1.22 bits per heavy atom. The van der Waals surface area contributed by atoms with E-state index in [9.17, 15) is 18.4 Å². The first kappa shape index (κ1) is 22.3. The summed E-state index contributed by atoms with van der Waals surface area (Å²) >= 11 is 5.87. The van der Waals surface area contributed by atoms with Gasteiger partial charge in [0.05, 0.1) is 16.5 Å². The second-order valence-electron chi connectivity index (χ2n) is 8.55. The van der Waals surface area contributed by atoms with Crippen LogP contribution in [-0.2, 0) is 6.42 Å². The van der Waals surface area contributed by atoms with E-state index in [-0.39, 0.29) is 34.0 Å². The number of hydrogen-bond acceptors (Lipinski definition) is 2. The molecule has 0 aliphatic heterocycles. The average molecular weight is 460 g/mol. The number of rotatable bonds is 4. The van der Waals surface area contributed by atoms with Gasteiger partial charge in [-0.2, -0.15) is 0 Å². The quantitative estimate of drug-likeness (QED) is 0.500. The van der Waals surface area contributed by atoms with Crippen molar-refractivity contribution in [3.8, 4) is 0 Å². The maximum atomic E-state index is 13.8. The molecule has 2 amide bonds. The highest BCUT2D eigenvalue weighted by Crippen LogP contribution is 2.38. The number of urea groups is 1. The number of pyridine rings is 1. The van der Waals surface area contributed by atoms with Crippen LogP contribution in [0.1, 0.15) is 44.0 Å². The normalized spacial score (nSPS) is 15.6. The molecule has 1 aliphatic carbocycles. The predicted molar refractivity (Wildman–Crippen MR) is 122 cm³/mol. The van der Waals surface area contributed by atoms with E-state index in [0.29, 0.717) is 30.5 Å². The second-order valence-corrected chi connectivity index (χ2v) is 8.96. The molecule has 0 saturated carbocycles. The highest BCUT2D eigenvalue weighted by molar-refractivity contribution is 6.31. The van der Waals surface area contributed by atoms with Crippen molar-refractivity contribution in [3.05, 3.63) is 74.7 Å². The van der Waals surface area contributed by atoms with Crippen LogP contribution >= 0.6 is 11.6 Å². The molecule has 32 heavy (non-hydrogen) atoms. The van der Waals surface area contributed by atoms with E-state index in [1.165, 1.54) is 30.3 Å². The van der Waals surface area contributed by atoms with Crippen molar-refractivity contribution in [2.45, 2.75) is 39.2 Å². The standard InChI is InChI=1S/C24H24ClF2N3O2/c1-13(2)12-30(24(32)28-15-7-9-19(27)18(25)11-15)21-5-3-4-20-22(21)16-8-6-14(26)10-17(16)23(31)29-20/h6-11,13,21H,3-5,12H2,1-2H3,(H,28,32)(H,29,31). The largest absolute Gasteiger partial charge is 0.325 e. The molecule has 168 valence electrons. The Kier molecular flexibility index (Phi) is 6.20. The molecule has 1 aromatic heterocycles. The third-order valence-electron chi connectivity index (χ3n) is 5.71. The van der Waals surface area contributed by atoms with Crippen LogP contribution in [0.5, 0.6) is 0 Å². The lowest BCUT2D eigenvalue weighted by atomic mass is 9.86. The Morgan fingerprint density at radius 3 is 2.72 bits per heavy atom. The van der Waals surface area contributed by atoms with Crippen LogP contribution in [0, 0.1) is 17.6 Å². The van der Waals surface area contributed by atoms with E-state index in [0.717, 1.165) is 17.7 Å². The number of aromatic amines is 1. The average Bonchev–Trinajstić information content (AvgIpc) is 2.74. The highest BCUT2D eigenvalue weighted by Gasteiger charge is 2.32. The van der Waals surface area contributed by atoms with Gasteiger partial charge < -0.3 is 15.2 Å². The molecule has 0 bridgehead atoms. The predicted octanol–water partition coefficient (Wildman–Crippen LogP) is 6.03. The van der Waals surface area contributed by atoms with Gasteiger partial charge in [-0.15, -0.1) is 0 Å². The number of aromatic nitrogens is 1. The van der Waals surface area contributed by atoms with E-state index in [1.54, 1.807) is 11.0 Å². The maximum Gasteiger partial charge on any atom is 0.322 e. The third-order valence-corrected chi connectivity index (χ3v) is 6.00. The lowest BCUT2D eigenvalue weighted by molar-refractivity contribution is 0.170. The molecule has 1 heterocycles. The zero-order valence-corrected chi connectivity index (χ0v) is 18.6. The number of anilines is 1. The summed E-state index contributed by atoms with van der Waals surface area (Å²) in [5.74, 6) is -0.873. The summed E-state index contributed by atoms with van der Waals surface area (Å²) in [6, 6.07) is 7.55. The molecule has 0 saturated heterocycles. The van der Waals surface area contributed by atoms with Gasteiger partial charge in [-0.25, -0.2) is 13.6 Å². The van der Waals surface area contributed by atoms with E-state index in [1.807, 2.05) is 13.8 Å². The minimum atomic E-state index is -0.562. The number of carbonyl (C=O) groups excluding carboxylic acids is 1. The molecule has 2 N–H and O–H groups in total. The molecule has 3 aromatic rings. The molecule has 2 aromatic carbocycles. The fraction of sp³-hybridized carbons (Fsp3) is 0.333. The number of H-pyrrole nitrogens is 1. The number of fused-ring (bicyclic) bond motifs is 3. The van der Waals surface area contributed by atoms with Gasteiger partial charge in [-0.05, 0) is 60.9 Å². The number of halogens is 3. The summed E-state index contributed by atoms with van der Waals surface area (Å²) < 4.78 is 27.4. The van der Waals surface area contributed by atoms with Crippen LogP contribution in [0.15, 0.2) is 41.2 Å². The van der Waals surface area contributed by atoms with Crippen molar-refractivity contribution in [1.29, 1.82) is 0 Å². The molecular weight excluding hydrogens is 436 g/mol. The van der Waals surface area contributed by atoms with Crippen molar-refractivity contribution in [1.82, 2.24) is 9.88 Å². The summed E-state index contributed by atoms with van der Waals surface area (Å²) in [5.41, 5.74) is 1.68. The van der Waals surface area contributed by atoms with Gasteiger partial charge in [0, 0.05) is 23.5 Å². The molecule has 8 heteroatoms. The minimum absolute atomic E-state index is 0.0770. The zero-order chi connectivity index (χ0) is 23.0. The zero-order valence-electron chi connectivity index (χ0n) is 17.8. The topological polar surface area (TPSA) is 65.2 Å². The molecule has 1 aliphatic rings. The van der Waals surface area contributed by atoms with Crippen LogP contribution in [0.25, 0.3) is 10.8 Å². The number of hydrogen-bond donors (Lipinski definition) is 2. The molecule has 1 atom stereocenters. The number of amides is 2. The SMILES string of the molecule is CC(C)CN(C(=O)Nc1ccc(F)c(Cl)c1)C1CCCc2[nH]c(=O)c3cc(F)ccc3c21. The van der Waals surface area contributed by atoms with E-state index >= 15 is 0 Å². The van der Waals surface area contributed by atoms with Gasteiger partial charge in [-0.1, -0.05) is 31.5 Å². The van der Waals surface area contributed by atoms with Crippen LogP contribution in [0.3, 0.4) is 0 Å². The third kappa shape index (κ3) is 4.35. The van der Waals surface area contributed by atoms with Gasteiger partial charge in [0.2, 0.25) is 0 Å². The molecule has 4 rings (SSSR count). The summed E-state index contributed by atoms with van der Waals surface area (Å²) in [7, 11) is 0. The summed E-state index contributed by atoms with van der Waals surface area (Å²) in [4.78, 5) is 30.5. The molecule has 0 spiro atoms. The molecule has 0 fully saturated rings. The van der Waals surface area contributed by atoms with Gasteiger partial charge in [0.25, 0.3) is 5.56 Å². The van der Waals surface area contributed by atoms with Crippen molar-refractivity contribution in [3.63, 3.8) is 0 Å². The highest BCUT2D eigenvalue weighted by atomic mass is 35.5. The van der Waals surface area contributed by atoms with E-state index in [2.05, 4.69) is 10.3 Å². The van der Waals surface area contributed by atoms with Crippen molar-refractivity contribution in [2.75, 3.05) is 11.9 Å². The Hall–Kier alpha value is -2.93. The van der Waals surface area contributed by atoms with Crippen LogP contribution in [0.4, 0.5) is 19.3 Å². The Bertz CT molecular complexity index is 1240. The lowest BCUT2D eigenvalue weighted by Gasteiger charge is -2.37. The number of nitrogens with zero attached hydrogens (tertiary/aromatic N) is 1. The fourth-order valence-electron chi connectivity index (χ4n) is 4.39. The first-order valence-electron chi connectivity index (χ1n) is 10.6. The number of nitrogens with one attached hydrogen (secondary N) is 2. The van der Waals surface area contributed by atoms with Crippen LogP contribution < -0.4 is 10.9 Å². The van der Waals surface area contributed by atoms with Crippen LogP contribution in [-0.4, -0.2) is 22.5 Å². The van der Waals surface area contributed by atoms with Gasteiger partial charge in [0.15, 0.2) is 0 Å². The van der Waals surface area contributed by atoms with Gasteiger partial charge in [0.1, 0.15) is 11.6 Å². The van der Waals surface area contributed by atoms with Crippen molar-refractivity contribution >= 4 is 34.1 Å². The Labute approximate surface area is 189 Å². The van der Waals surface area contributed by atoms with Gasteiger partial charge >= 0.3 is 6.03 Å². The summed E-state index contributed by atoms with van der Waals surface area (Å²) in [6.45, 7) is 4.49. The number of carbonyl (C=O) groups is 1. The minimum Gasteiger partial charge on any atom is -0.325 e. The monoisotopic (exact) mass is 459 g/mol. The van der Waals surface area contributed by atoms with E-state index in [4.69, 9.17) is 11.6 Å².